The number of nitrogens with one attached hydrogen (secondary N) is 1. The molecule has 0 amide bonds. The minimum atomic E-state index is 0.0357. The van der Waals surface area contributed by atoms with Crippen LogP contribution in [0.4, 0.5) is 0 Å². The van der Waals surface area contributed by atoms with Crippen molar-refractivity contribution >= 4 is 0 Å². The summed E-state index contributed by atoms with van der Waals surface area (Å²) in [6.07, 6.45) is 1.87. The quantitative estimate of drug-likeness (QED) is 0.794. The van der Waals surface area contributed by atoms with E-state index in [2.05, 4.69) is 5.32 Å². The molecule has 0 saturated carbocycles. The predicted octanol–water partition coefficient (Wildman–Crippen LogP) is 1.89. The first-order chi connectivity index (χ1) is 10.7. The summed E-state index contributed by atoms with van der Waals surface area (Å²) in [5.74, 6) is 0.771. The zero-order valence-electron chi connectivity index (χ0n) is 13.3. The van der Waals surface area contributed by atoms with E-state index in [9.17, 15) is 4.79 Å². The van der Waals surface area contributed by atoms with Crippen LogP contribution in [-0.4, -0.2) is 31.9 Å². The average Bonchev–Trinajstić information content (AvgIpc) is 2.53. The van der Waals surface area contributed by atoms with Crippen molar-refractivity contribution in [1.82, 2.24) is 9.88 Å². The molecule has 0 saturated heterocycles. The number of pyridine rings is 1. The van der Waals surface area contributed by atoms with Gasteiger partial charge in [-0.3, -0.25) is 4.79 Å². The standard InChI is InChI=1S/C17H22N2O3/c1-13-10-16(20)14(11-18-8-9-21-2)12-19(13)15-6-4-5-7-17(15)22-3/h4-7,10,12,18H,8-9,11H2,1-3H3. The van der Waals surface area contributed by atoms with Crippen LogP contribution in [0.2, 0.25) is 0 Å². The van der Waals surface area contributed by atoms with Crippen molar-refractivity contribution < 1.29 is 9.47 Å². The normalized spacial score (nSPS) is 10.7. The van der Waals surface area contributed by atoms with Crippen molar-refractivity contribution in [3.63, 3.8) is 0 Å². The molecule has 0 aliphatic carbocycles. The summed E-state index contributed by atoms with van der Waals surface area (Å²) in [4.78, 5) is 12.1. The maximum atomic E-state index is 12.1. The molecule has 0 unspecified atom stereocenters. The van der Waals surface area contributed by atoms with Crippen LogP contribution in [0, 0.1) is 6.92 Å². The Hall–Kier alpha value is -2.11. The number of hydrogen-bond donors (Lipinski definition) is 1. The molecule has 1 aromatic carbocycles. The lowest BCUT2D eigenvalue weighted by Gasteiger charge is -2.16. The van der Waals surface area contributed by atoms with Gasteiger partial charge in [-0.2, -0.15) is 0 Å². The number of benzene rings is 1. The van der Waals surface area contributed by atoms with Crippen LogP contribution in [0.15, 0.2) is 41.3 Å². The van der Waals surface area contributed by atoms with Gasteiger partial charge in [0.25, 0.3) is 0 Å². The third-order valence-corrected chi connectivity index (χ3v) is 3.46. The molecule has 0 aliphatic heterocycles. The molecule has 0 bridgehead atoms. The summed E-state index contributed by atoms with van der Waals surface area (Å²) >= 11 is 0. The van der Waals surface area contributed by atoms with E-state index in [1.807, 2.05) is 42.0 Å². The molecule has 2 rings (SSSR count). The molecule has 0 aliphatic rings. The van der Waals surface area contributed by atoms with Gasteiger partial charge in [-0.15, -0.1) is 0 Å². The Balaban J connectivity index is 2.34. The van der Waals surface area contributed by atoms with Crippen molar-refractivity contribution in [1.29, 1.82) is 0 Å². The number of nitrogens with zero attached hydrogens (tertiary/aromatic N) is 1. The highest BCUT2D eigenvalue weighted by atomic mass is 16.5. The minimum absolute atomic E-state index is 0.0357. The third kappa shape index (κ3) is 3.75. The largest absolute Gasteiger partial charge is 0.495 e. The fourth-order valence-electron chi connectivity index (χ4n) is 2.29. The lowest BCUT2D eigenvalue weighted by Crippen LogP contribution is -2.24. The summed E-state index contributed by atoms with van der Waals surface area (Å²) in [5.41, 5.74) is 2.54. The molecule has 5 nitrogen and oxygen atoms in total. The van der Waals surface area contributed by atoms with Crippen LogP contribution in [-0.2, 0) is 11.3 Å². The summed E-state index contributed by atoms with van der Waals surface area (Å²) < 4.78 is 12.4. The lowest BCUT2D eigenvalue weighted by molar-refractivity contribution is 0.199. The smallest absolute Gasteiger partial charge is 0.186 e. The fourth-order valence-corrected chi connectivity index (χ4v) is 2.29. The molecule has 22 heavy (non-hydrogen) atoms. The van der Waals surface area contributed by atoms with Gasteiger partial charge >= 0.3 is 0 Å². The first-order valence-corrected chi connectivity index (χ1v) is 7.22. The first kappa shape index (κ1) is 16.3. The molecule has 0 fully saturated rings. The van der Waals surface area contributed by atoms with Crippen molar-refractivity contribution in [2.75, 3.05) is 27.4 Å². The van der Waals surface area contributed by atoms with Crippen LogP contribution >= 0.6 is 0 Å². The van der Waals surface area contributed by atoms with Gasteiger partial charge in [-0.05, 0) is 19.1 Å². The van der Waals surface area contributed by atoms with E-state index in [1.165, 1.54) is 0 Å². The van der Waals surface area contributed by atoms with E-state index in [4.69, 9.17) is 9.47 Å². The van der Waals surface area contributed by atoms with Gasteiger partial charge in [0.2, 0.25) is 0 Å². The second kappa shape index (κ2) is 7.77. The number of methoxy groups -OCH3 is 2. The van der Waals surface area contributed by atoms with Gasteiger partial charge in [0.15, 0.2) is 5.43 Å². The van der Waals surface area contributed by atoms with Gasteiger partial charge < -0.3 is 19.4 Å². The van der Waals surface area contributed by atoms with Gasteiger partial charge in [-0.1, -0.05) is 12.1 Å². The van der Waals surface area contributed by atoms with E-state index in [0.717, 1.165) is 17.1 Å². The minimum Gasteiger partial charge on any atom is -0.495 e. The van der Waals surface area contributed by atoms with Crippen molar-refractivity contribution in [3.8, 4) is 11.4 Å². The number of aromatic nitrogens is 1. The molecule has 118 valence electrons. The van der Waals surface area contributed by atoms with Gasteiger partial charge in [0.1, 0.15) is 5.75 Å². The molecular formula is C17H22N2O3. The van der Waals surface area contributed by atoms with E-state index in [-0.39, 0.29) is 5.43 Å². The van der Waals surface area contributed by atoms with E-state index < -0.39 is 0 Å². The molecule has 0 spiro atoms. The molecule has 1 heterocycles. The van der Waals surface area contributed by atoms with Gasteiger partial charge in [0.05, 0.1) is 19.4 Å². The number of aryl methyl sites for hydroxylation is 1. The van der Waals surface area contributed by atoms with E-state index >= 15 is 0 Å². The summed E-state index contributed by atoms with van der Waals surface area (Å²) in [6, 6.07) is 9.40. The molecule has 1 aromatic heterocycles. The topological polar surface area (TPSA) is 52.5 Å². The molecule has 1 N–H and O–H groups in total. The lowest BCUT2D eigenvalue weighted by atomic mass is 10.2. The summed E-state index contributed by atoms with van der Waals surface area (Å²) in [6.45, 7) is 3.75. The Morgan fingerprint density at radius 2 is 2.00 bits per heavy atom. The summed E-state index contributed by atoms with van der Waals surface area (Å²) in [7, 11) is 3.30. The van der Waals surface area contributed by atoms with Gasteiger partial charge in [0, 0.05) is 43.7 Å². The number of ether oxygens (including phenoxy) is 2. The van der Waals surface area contributed by atoms with Crippen LogP contribution in [0.5, 0.6) is 5.75 Å². The van der Waals surface area contributed by atoms with Crippen LogP contribution in [0.1, 0.15) is 11.3 Å². The Labute approximate surface area is 130 Å². The highest BCUT2D eigenvalue weighted by Crippen LogP contribution is 2.23. The third-order valence-electron chi connectivity index (χ3n) is 3.46. The van der Waals surface area contributed by atoms with E-state index in [1.54, 1.807) is 20.3 Å². The van der Waals surface area contributed by atoms with Crippen LogP contribution < -0.4 is 15.5 Å². The average molecular weight is 302 g/mol. The molecule has 5 heteroatoms. The maximum Gasteiger partial charge on any atom is 0.186 e. The van der Waals surface area contributed by atoms with Gasteiger partial charge in [-0.25, -0.2) is 0 Å². The van der Waals surface area contributed by atoms with Crippen molar-refractivity contribution in [2.45, 2.75) is 13.5 Å². The zero-order chi connectivity index (χ0) is 15.9. The van der Waals surface area contributed by atoms with Crippen molar-refractivity contribution in [2.24, 2.45) is 0 Å². The monoisotopic (exact) mass is 302 g/mol. The highest BCUT2D eigenvalue weighted by Gasteiger charge is 2.09. The maximum absolute atomic E-state index is 12.1. The molecule has 0 atom stereocenters. The number of rotatable bonds is 7. The Morgan fingerprint density at radius 3 is 2.73 bits per heavy atom. The Bertz CT molecular complexity index is 680. The number of hydrogen-bond acceptors (Lipinski definition) is 4. The van der Waals surface area contributed by atoms with Crippen LogP contribution in [0.25, 0.3) is 5.69 Å². The highest BCUT2D eigenvalue weighted by molar-refractivity contribution is 5.48. The Morgan fingerprint density at radius 1 is 1.23 bits per heavy atom. The first-order valence-electron chi connectivity index (χ1n) is 7.22. The van der Waals surface area contributed by atoms with Crippen LogP contribution in [0.3, 0.4) is 0 Å². The summed E-state index contributed by atoms with van der Waals surface area (Å²) in [5, 5.41) is 3.20. The fraction of sp³-hybridized carbons (Fsp3) is 0.353. The molecular weight excluding hydrogens is 280 g/mol. The Kier molecular flexibility index (Phi) is 5.75. The zero-order valence-corrected chi connectivity index (χ0v) is 13.3. The van der Waals surface area contributed by atoms with E-state index in [0.29, 0.717) is 25.3 Å². The molecule has 2 aromatic rings. The predicted molar refractivity (Wildman–Crippen MR) is 86.9 cm³/mol. The number of para-hydroxylation sites is 2. The second-order valence-corrected chi connectivity index (χ2v) is 5.02. The second-order valence-electron chi connectivity index (χ2n) is 5.02. The van der Waals surface area contributed by atoms with Crippen molar-refractivity contribution in [3.05, 3.63) is 58.0 Å². The molecule has 0 radical (unpaired) electrons. The SMILES string of the molecule is COCCNCc1cn(-c2ccccc2OC)c(C)cc1=O.